The van der Waals surface area contributed by atoms with Crippen molar-refractivity contribution in [1.82, 2.24) is 20.5 Å². The molecule has 0 saturated heterocycles. The number of H-pyrrole nitrogens is 1. The van der Waals surface area contributed by atoms with Crippen molar-refractivity contribution >= 4 is 71.4 Å². The SMILES string of the molecule is C=C(C)C(=O)OCC(COC(=O)C(=C)C)(COC(=O)C(=C)C)NC(C)C(=O)NC1=NC(=Cc2[nH]c(NC(=O)C(C)N(COC#[O+])COC=O)c(C(=O)OC3C(C)CC(C)CC3C)c2-c2ccccc2)C(c2ccccc2)=C1C(=O)OC1C(C)CC(C)CC1C. The van der Waals surface area contributed by atoms with Crippen LogP contribution >= 0.6 is 0 Å². The third-order valence-corrected chi connectivity index (χ3v) is 16.1. The van der Waals surface area contributed by atoms with Crippen LogP contribution in [0.4, 0.5) is 5.82 Å². The van der Waals surface area contributed by atoms with E-state index >= 15 is 14.4 Å². The van der Waals surface area contributed by atoms with E-state index < -0.39 is 105 Å². The third kappa shape index (κ3) is 18.0. The molecule has 2 aliphatic carbocycles. The Hall–Kier alpha value is -8.69. The summed E-state index contributed by atoms with van der Waals surface area (Å²) in [6.07, 6.45) is 4.93. The zero-order valence-electron chi connectivity index (χ0n) is 52.6. The van der Waals surface area contributed by atoms with Crippen LogP contribution in [0, 0.1) is 41.8 Å². The Morgan fingerprint density at radius 2 is 1.17 bits per heavy atom. The molecule has 2 saturated carbocycles. The van der Waals surface area contributed by atoms with Crippen LogP contribution in [0.5, 0.6) is 0 Å². The van der Waals surface area contributed by atoms with Crippen LogP contribution < -0.4 is 16.0 Å². The number of hydrogen-bond donors (Lipinski definition) is 4. The van der Waals surface area contributed by atoms with Gasteiger partial charge in [0.15, 0.2) is 0 Å². The molecule has 1 aromatic heterocycles. The van der Waals surface area contributed by atoms with Crippen molar-refractivity contribution in [3.05, 3.63) is 125 Å². The number of aromatic amines is 1. The maximum absolute atomic E-state index is 15.4. The zero-order valence-corrected chi connectivity index (χ0v) is 52.6. The Morgan fingerprint density at radius 1 is 0.697 bits per heavy atom. The van der Waals surface area contributed by atoms with Crippen LogP contribution in [0.3, 0.4) is 0 Å². The van der Waals surface area contributed by atoms with Crippen LogP contribution in [0.2, 0.25) is 0 Å². The molecule has 476 valence electrons. The Kier molecular flexibility index (Phi) is 24.5. The summed E-state index contributed by atoms with van der Waals surface area (Å²) in [7, 11) is 0. The molecule has 6 unspecified atom stereocenters. The monoisotopic (exact) mass is 1230 g/mol. The summed E-state index contributed by atoms with van der Waals surface area (Å²) >= 11 is 0. The van der Waals surface area contributed by atoms with E-state index in [9.17, 15) is 28.6 Å². The predicted octanol–water partition coefficient (Wildman–Crippen LogP) is 9.00. The summed E-state index contributed by atoms with van der Waals surface area (Å²) < 4.78 is 50.8. The van der Waals surface area contributed by atoms with Crippen LogP contribution in [0.1, 0.15) is 123 Å². The number of benzene rings is 2. The molecular weight excluding hydrogens is 1140 g/mol. The van der Waals surface area contributed by atoms with Gasteiger partial charge in [0.1, 0.15) is 42.9 Å². The van der Waals surface area contributed by atoms with Crippen molar-refractivity contribution in [3.8, 4) is 17.5 Å². The molecule has 22 heteroatoms. The number of nitrogens with zero attached hydrogens (tertiary/aromatic N) is 2. The minimum atomic E-state index is -1.82. The van der Waals surface area contributed by atoms with Crippen molar-refractivity contribution in [2.24, 2.45) is 40.5 Å². The Morgan fingerprint density at radius 3 is 1.63 bits per heavy atom. The third-order valence-electron chi connectivity index (χ3n) is 16.1. The number of aromatic nitrogens is 1. The molecular formula is C67H83N6O16+. The van der Waals surface area contributed by atoms with Gasteiger partial charge in [0.2, 0.25) is 5.91 Å². The van der Waals surface area contributed by atoms with E-state index in [0.717, 1.165) is 25.7 Å². The normalized spacial score (nSPS) is 21.8. The molecule has 6 rings (SSSR count). The molecule has 0 bridgehead atoms. The number of allylic oxidation sites excluding steroid dienone is 1. The van der Waals surface area contributed by atoms with Crippen LogP contribution in [0.15, 0.2) is 113 Å². The summed E-state index contributed by atoms with van der Waals surface area (Å²) in [4.78, 5) is 120. The Labute approximate surface area is 519 Å². The van der Waals surface area contributed by atoms with Gasteiger partial charge in [-0.05, 0) is 94.4 Å². The summed E-state index contributed by atoms with van der Waals surface area (Å²) in [5, 5.41) is 8.78. The van der Waals surface area contributed by atoms with Gasteiger partial charge in [-0.15, -0.1) is 0 Å². The Balaban J connectivity index is 1.60. The first-order chi connectivity index (χ1) is 42.2. The molecule has 1 aliphatic heterocycles. The van der Waals surface area contributed by atoms with Crippen LogP contribution in [-0.2, 0) is 71.4 Å². The Bertz CT molecular complexity index is 3210. The minimum absolute atomic E-state index is 0.0178. The topological polar surface area (TPSA) is 289 Å². The van der Waals surface area contributed by atoms with E-state index in [1.54, 1.807) is 66.7 Å². The molecule has 4 N–H and O–H groups in total. The molecule has 22 nitrogen and oxygen atoms in total. The molecule has 0 spiro atoms. The first-order valence-corrected chi connectivity index (χ1v) is 29.7. The van der Waals surface area contributed by atoms with Gasteiger partial charge >= 0.3 is 182 Å². The number of aliphatic imine (C=N–C) groups is 1. The van der Waals surface area contributed by atoms with Crippen molar-refractivity contribution in [2.45, 2.75) is 132 Å². The van der Waals surface area contributed by atoms with Gasteiger partial charge in [0.05, 0.1) is 6.04 Å². The van der Waals surface area contributed by atoms with Gasteiger partial charge in [-0.3, -0.25) is 10.1 Å². The first-order valence-electron chi connectivity index (χ1n) is 29.7. The second-order valence-electron chi connectivity index (χ2n) is 24.1. The van der Waals surface area contributed by atoms with E-state index in [1.165, 1.54) is 45.9 Å². The summed E-state index contributed by atoms with van der Waals surface area (Å²) in [5.74, 6) is -5.55. The van der Waals surface area contributed by atoms with Crippen molar-refractivity contribution in [3.63, 3.8) is 0 Å². The van der Waals surface area contributed by atoms with Crippen LogP contribution in [-0.4, -0.2) is 127 Å². The summed E-state index contributed by atoms with van der Waals surface area (Å²) in [6, 6.07) is 15.1. The maximum atomic E-state index is 15.4. The van der Waals surface area contributed by atoms with Crippen molar-refractivity contribution in [1.29, 1.82) is 0 Å². The van der Waals surface area contributed by atoms with Crippen molar-refractivity contribution in [2.75, 3.05) is 38.6 Å². The predicted molar refractivity (Wildman–Crippen MR) is 331 cm³/mol. The molecule has 2 heterocycles. The van der Waals surface area contributed by atoms with Crippen molar-refractivity contribution < 1.29 is 76.2 Å². The van der Waals surface area contributed by atoms with E-state index in [0.29, 0.717) is 23.0 Å². The molecule has 0 radical (unpaired) electrons. The van der Waals surface area contributed by atoms with Gasteiger partial charge in [0.25, 0.3) is 0 Å². The standard InChI is InChI=1S/C67H82N6O16/c1-37(2)62(78)85-30-67(31-86-63(79)38(3)4,32-87-64(80)39(5)6)72-46(13)60(76)70-58-54(65(81)88-56-42(9)25-40(7)26-43(56)10)52(48-21-17-15-18-22-48)50(68-58)29-51-53(49-23-19-16-20-24-49)55(66(82)89-57-44(11)27-41(8)28-45(57)12)59(69-51)71-61(77)47(14)73(33-83-35-74)34-84-36-75/h15-24,29,35,40-47,56-57,72H,1,3,5,25-28,30-34H2,2,4,6-14H3,(H2-,68,69,70,71,76,77,81,82)/p+1. The number of carbonyl (C=O) groups excluding carboxylic acids is 8. The molecule has 6 atom stereocenters. The van der Waals surface area contributed by atoms with E-state index in [-0.39, 0.29) is 92.2 Å². The molecule has 2 fully saturated rings. The van der Waals surface area contributed by atoms with Gasteiger partial charge in [-0.25, -0.2) is 24.2 Å². The smallest absolute Gasteiger partial charge is 0.458 e. The fraction of sp³-hybridized carbons (Fsp3) is 0.463. The van der Waals surface area contributed by atoms with E-state index in [1.807, 2.05) is 27.7 Å². The quantitative estimate of drug-likeness (QED) is 0.0138. The number of anilines is 1. The number of esters is 5. The van der Waals surface area contributed by atoms with Gasteiger partial charge in [0, 0.05) is 22.3 Å². The average Bonchev–Trinajstić information content (AvgIpc) is 1.68. The molecule has 3 aromatic rings. The zero-order chi connectivity index (χ0) is 65.4. The van der Waals surface area contributed by atoms with E-state index in [4.69, 9.17) is 38.2 Å². The fourth-order valence-electron chi connectivity index (χ4n) is 11.8. The number of carbonyl (C=O) groups is 8. The first kappa shape index (κ1) is 69.4. The second-order valence-corrected chi connectivity index (χ2v) is 24.1. The van der Waals surface area contributed by atoms with Gasteiger partial charge in [-0.1, -0.05) is 110 Å². The van der Waals surface area contributed by atoms with Gasteiger partial charge in [-0.2, -0.15) is 0 Å². The number of amidine groups is 1. The molecule has 2 amide bonds. The second kappa shape index (κ2) is 31.5. The number of ether oxygens (including phenoxy) is 7. The van der Waals surface area contributed by atoms with Gasteiger partial charge < -0.3 is 24.3 Å². The summed E-state index contributed by atoms with van der Waals surface area (Å²) in [5.41, 5.74) is -0.352. The minimum Gasteiger partial charge on any atom is -0.458 e. The number of amides is 2. The number of rotatable bonds is 27. The average molecular weight is 1230 g/mol. The summed E-state index contributed by atoms with van der Waals surface area (Å²) in [6.45, 7) is 27.8. The van der Waals surface area contributed by atoms with Crippen LogP contribution in [0.25, 0.3) is 22.8 Å². The molecule has 3 aliphatic rings. The number of hydrogen-bond acceptors (Lipinski definition) is 18. The molecule has 2 aromatic carbocycles. The number of nitrogens with one attached hydrogen (secondary N) is 4. The molecule has 89 heavy (non-hydrogen) atoms. The fourth-order valence-corrected chi connectivity index (χ4v) is 11.8. The van der Waals surface area contributed by atoms with E-state index in [2.05, 4.69) is 54.5 Å².